The van der Waals surface area contributed by atoms with Crippen LogP contribution in [0.5, 0.6) is 0 Å². The van der Waals surface area contributed by atoms with Crippen LogP contribution in [0, 0.1) is 0 Å². The molecule has 10 heteroatoms. The number of aliphatic hydroxyl groups is 1. The highest BCUT2D eigenvalue weighted by molar-refractivity contribution is 7.47. The molecule has 0 aliphatic rings. The first kappa shape index (κ1) is 36.8. The molecular weight excluding hydrogens is 509 g/mol. The van der Waals surface area contributed by atoms with Gasteiger partial charge in [-0.2, -0.15) is 0 Å². The smallest absolute Gasteiger partial charge is 0.463 e. The van der Waals surface area contributed by atoms with Gasteiger partial charge in [0.05, 0.1) is 13.2 Å². The molecule has 0 heterocycles. The van der Waals surface area contributed by atoms with E-state index in [1.165, 1.54) is 32.1 Å². The largest absolute Gasteiger partial charge is 0.472 e. The molecule has 38 heavy (non-hydrogen) atoms. The summed E-state index contributed by atoms with van der Waals surface area (Å²) in [5.41, 5.74) is 0. The van der Waals surface area contributed by atoms with Crippen molar-refractivity contribution >= 4 is 19.7 Å². The normalized spacial score (nSPS) is 13.9. The standard InChI is InChI=1S/C28H54NO8P/c1-3-5-7-9-11-12-13-14-15-17-19-21-28(32)35-24-26(30)25-37-38(33,34)36-23-22-29-27(31)20-18-16-10-8-6-4-2/h9,11,26,30H,3-8,10,12-25H2,1-2H3,(H,29,31)(H,33,34)/b11-9-. The van der Waals surface area contributed by atoms with Gasteiger partial charge in [-0.3, -0.25) is 18.6 Å². The van der Waals surface area contributed by atoms with Crippen LogP contribution in [0.3, 0.4) is 0 Å². The topological polar surface area (TPSA) is 131 Å². The third-order valence-electron chi connectivity index (χ3n) is 5.95. The summed E-state index contributed by atoms with van der Waals surface area (Å²) in [6.07, 6.45) is 20.3. The maximum Gasteiger partial charge on any atom is 0.472 e. The number of amides is 1. The zero-order valence-electron chi connectivity index (χ0n) is 23.9. The fraction of sp³-hybridized carbons (Fsp3) is 0.857. The first-order valence-corrected chi connectivity index (χ1v) is 16.2. The van der Waals surface area contributed by atoms with Gasteiger partial charge in [-0.25, -0.2) is 4.57 Å². The Labute approximate surface area is 230 Å². The van der Waals surface area contributed by atoms with Crippen molar-refractivity contribution in [2.45, 2.75) is 129 Å². The van der Waals surface area contributed by atoms with Crippen LogP contribution in [0.15, 0.2) is 12.2 Å². The Balaban J connectivity index is 3.70. The highest BCUT2D eigenvalue weighted by Crippen LogP contribution is 2.42. The summed E-state index contributed by atoms with van der Waals surface area (Å²) >= 11 is 0. The number of esters is 1. The Morgan fingerprint density at radius 2 is 1.37 bits per heavy atom. The lowest BCUT2D eigenvalue weighted by Crippen LogP contribution is -2.27. The minimum absolute atomic E-state index is 0.0822. The van der Waals surface area contributed by atoms with Crippen molar-refractivity contribution in [3.05, 3.63) is 12.2 Å². The van der Waals surface area contributed by atoms with Crippen LogP contribution in [0.1, 0.15) is 123 Å². The zero-order valence-corrected chi connectivity index (χ0v) is 24.8. The quantitative estimate of drug-likeness (QED) is 0.0455. The number of allylic oxidation sites excluding steroid dienone is 2. The minimum Gasteiger partial charge on any atom is -0.463 e. The third-order valence-corrected chi connectivity index (χ3v) is 6.93. The molecular formula is C28H54NO8P. The Bertz CT molecular complexity index is 659. The second kappa shape index (κ2) is 26.0. The van der Waals surface area contributed by atoms with Crippen molar-refractivity contribution in [1.82, 2.24) is 5.32 Å². The molecule has 0 aromatic heterocycles. The average Bonchev–Trinajstić information content (AvgIpc) is 2.89. The number of aliphatic hydroxyl groups excluding tert-OH is 1. The first-order valence-electron chi connectivity index (χ1n) is 14.7. The molecule has 3 N–H and O–H groups in total. The maximum absolute atomic E-state index is 11.9. The zero-order chi connectivity index (χ0) is 28.3. The van der Waals surface area contributed by atoms with Crippen molar-refractivity contribution in [1.29, 1.82) is 0 Å². The van der Waals surface area contributed by atoms with E-state index in [1.807, 2.05) is 0 Å². The van der Waals surface area contributed by atoms with Crippen LogP contribution in [-0.4, -0.2) is 54.3 Å². The molecule has 0 saturated heterocycles. The number of carbonyl (C=O) groups is 2. The van der Waals surface area contributed by atoms with Crippen molar-refractivity contribution in [3.63, 3.8) is 0 Å². The molecule has 0 aromatic rings. The maximum atomic E-state index is 11.9. The SMILES string of the molecule is CCCC/C=C\CCCCCCCC(=O)OCC(O)COP(=O)(O)OCCNC(=O)CCCCCCCC. The summed E-state index contributed by atoms with van der Waals surface area (Å²) in [4.78, 5) is 33.3. The molecule has 0 aliphatic heterocycles. The fourth-order valence-corrected chi connectivity index (χ4v) is 4.41. The van der Waals surface area contributed by atoms with Gasteiger partial charge in [0.15, 0.2) is 0 Å². The number of hydrogen-bond donors (Lipinski definition) is 3. The molecule has 0 radical (unpaired) electrons. The number of unbranched alkanes of at least 4 members (excludes halogenated alkanes) is 12. The predicted molar refractivity (Wildman–Crippen MR) is 151 cm³/mol. The van der Waals surface area contributed by atoms with Gasteiger partial charge in [-0.1, -0.05) is 90.2 Å². The molecule has 2 atom stereocenters. The van der Waals surface area contributed by atoms with E-state index in [2.05, 4.69) is 31.3 Å². The number of phosphoric ester groups is 1. The van der Waals surface area contributed by atoms with Crippen molar-refractivity contribution in [3.8, 4) is 0 Å². The van der Waals surface area contributed by atoms with Gasteiger partial charge in [0.25, 0.3) is 0 Å². The first-order chi connectivity index (χ1) is 18.3. The fourth-order valence-electron chi connectivity index (χ4n) is 3.65. The molecule has 0 bridgehead atoms. The number of phosphoric acid groups is 1. The van der Waals surface area contributed by atoms with Gasteiger partial charge in [-0.05, 0) is 32.1 Å². The van der Waals surface area contributed by atoms with Crippen LogP contribution >= 0.6 is 7.82 Å². The molecule has 0 aromatic carbocycles. The lowest BCUT2D eigenvalue weighted by atomic mass is 10.1. The summed E-state index contributed by atoms with van der Waals surface area (Å²) < 4.78 is 26.5. The van der Waals surface area contributed by atoms with E-state index in [9.17, 15) is 24.2 Å². The molecule has 0 rings (SSSR count). The number of rotatable bonds is 27. The number of ether oxygens (including phenoxy) is 1. The molecule has 0 fully saturated rings. The monoisotopic (exact) mass is 563 g/mol. The third kappa shape index (κ3) is 26.4. The number of nitrogens with one attached hydrogen (secondary N) is 1. The highest BCUT2D eigenvalue weighted by atomic mass is 31.2. The van der Waals surface area contributed by atoms with Crippen molar-refractivity contribution in [2.75, 3.05) is 26.4 Å². The summed E-state index contributed by atoms with van der Waals surface area (Å²) in [5.74, 6) is -0.538. The molecule has 2 unspecified atom stereocenters. The average molecular weight is 564 g/mol. The predicted octanol–water partition coefficient (Wildman–Crippen LogP) is 6.37. The molecule has 0 saturated carbocycles. The van der Waals surface area contributed by atoms with Crippen LogP contribution in [0.25, 0.3) is 0 Å². The Morgan fingerprint density at radius 3 is 2.05 bits per heavy atom. The molecule has 1 amide bonds. The molecule has 224 valence electrons. The van der Waals surface area contributed by atoms with Gasteiger partial charge < -0.3 is 20.1 Å². The summed E-state index contributed by atoms with van der Waals surface area (Å²) in [7, 11) is -4.39. The van der Waals surface area contributed by atoms with E-state index in [4.69, 9.17) is 13.8 Å². The second-order valence-electron chi connectivity index (χ2n) is 9.72. The van der Waals surface area contributed by atoms with E-state index < -0.39 is 26.5 Å². The number of carbonyl (C=O) groups excluding carboxylic acids is 2. The Morgan fingerprint density at radius 1 is 0.789 bits per heavy atom. The van der Waals surface area contributed by atoms with Gasteiger partial charge in [0, 0.05) is 19.4 Å². The molecule has 0 aliphatic carbocycles. The van der Waals surface area contributed by atoms with Crippen LogP contribution in [-0.2, 0) is 27.9 Å². The Hall–Kier alpha value is -1.25. The van der Waals surface area contributed by atoms with Crippen LogP contribution in [0.2, 0.25) is 0 Å². The van der Waals surface area contributed by atoms with Crippen molar-refractivity contribution in [2.24, 2.45) is 0 Å². The molecule has 0 spiro atoms. The van der Waals surface area contributed by atoms with E-state index >= 15 is 0 Å². The Kier molecular flexibility index (Phi) is 25.1. The van der Waals surface area contributed by atoms with E-state index in [0.29, 0.717) is 6.42 Å². The summed E-state index contributed by atoms with van der Waals surface area (Å²) in [5, 5.41) is 12.5. The second-order valence-corrected chi connectivity index (χ2v) is 11.2. The van der Waals surface area contributed by atoms with E-state index in [0.717, 1.165) is 64.2 Å². The minimum atomic E-state index is -4.39. The van der Waals surface area contributed by atoms with Gasteiger partial charge in [-0.15, -0.1) is 0 Å². The number of hydrogen-bond acceptors (Lipinski definition) is 7. The van der Waals surface area contributed by atoms with E-state index in [1.54, 1.807) is 0 Å². The van der Waals surface area contributed by atoms with Gasteiger partial charge in [0.2, 0.25) is 5.91 Å². The van der Waals surface area contributed by atoms with Crippen molar-refractivity contribution < 1.29 is 37.9 Å². The van der Waals surface area contributed by atoms with Crippen LogP contribution < -0.4 is 5.32 Å². The van der Waals surface area contributed by atoms with E-state index in [-0.39, 0.29) is 32.1 Å². The lowest BCUT2D eigenvalue weighted by Gasteiger charge is -2.15. The molecule has 9 nitrogen and oxygen atoms in total. The highest BCUT2D eigenvalue weighted by Gasteiger charge is 2.23. The summed E-state index contributed by atoms with van der Waals surface area (Å²) in [6.45, 7) is 3.40. The van der Waals surface area contributed by atoms with Gasteiger partial charge >= 0.3 is 13.8 Å². The summed E-state index contributed by atoms with van der Waals surface area (Å²) in [6, 6.07) is 0. The van der Waals surface area contributed by atoms with Gasteiger partial charge in [0.1, 0.15) is 12.7 Å². The lowest BCUT2D eigenvalue weighted by molar-refractivity contribution is -0.147. The van der Waals surface area contributed by atoms with Crippen LogP contribution in [0.4, 0.5) is 0 Å².